The highest BCUT2D eigenvalue weighted by Crippen LogP contribution is 2.71. The van der Waals surface area contributed by atoms with Crippen molar-refractivity contribution >= 4 is 11.8 Å². The lowest BCUT2D eigenvalue weighted by atomic mass is 9.43. The average molecular weight is 455 g/mol. The Morgan fingerprint density at radius 1 is 1.12 bits per heavy atom. The van der Waals surface area contributed by atoms with Gasteiger partial charge in [0, 0.05) is 12.0 Å². The van der Waals surface area contributed by atoms with Crippen molar-refractivity contribution in [1.29, 1.82) is 0 Å². The molecule has 3 saturated carbocycles. The van der Waals surface area contributed by atoms with Crippen LogP contribution in [-0.2, 0) is 19.1 Å². The molecule has 2 aliphatic heterocycles. The summed E-state index contributed by atoms with van der Waals surface area (Å²) in [6.45, 7) is 10.7. The van der Waals surface area contributed by atoms with Gasteiger partial charge in [-0.1, -0.05) is 25.5 Å². The van der Waals surface area contributed by atoms with Gasteiger partial charge in [0.15, 0.2) is 5.78 Å². The molecule has 5 heteroatoms. The van der Waals surface area contributed by atoms with E-state index in [9.17, 15) is 14.7 Å². The van der Waals surface area contributed by atoms with Gasteiger partial charge < -0.3 is 14.6 Å². The van der Waals surface area contributed by atoms with Crippen LogP contribution in [0.3, 0.4) is 0 Å². The third-order valence-electron chi connectivity index (χ3n) is 11.6. The van der Waals surface area contributed by atoms with Gasteiger partial charge in [0.25, 0.3) is 0 Å². The van der Waals surface area contributed by atoms with Crippen molar-refractivity contribution in [2.45, 2.75) is 97.1 Å². The van der Waals surface area contributed by atoms with E-state index < -0.39 is 11.0 Å². The van der Waals surface area contributed by atoms with Crippen LogP contribution in [-0.4, -0.2) is 40.8 Å². The van der Waals surface area contributed by atoms with Crippen molar-refractivity contribution in [3.63, 3.8) is 0 Å². The van der Waals surface area contributed by atoms with E-state index in [4.69, 9.17) is 9.47 Å². The number of hydrogen-bond donors (Lipinski definition) is 1. The van der Waals surface area contributed by atoms with E-state index in [0.29, 0.717) is 30.1 Å². The predicted octanol–water partition coefficient (Wildman–Crippen LogP) is 4.38. The monoisotopic (exact) mass is 454 g/mol. The lowest BCUT2D eigenvalue weighted by Gasteiger charge is -2.60. The Labute approximate surface area is 197 Å². The maximum Gasteiger partial charge on any atom is 0.333 e. The number of carbonyl (C=O) groups excluding carboxylic acids is 2. The van der Waals surface area contributed by atoms with Crippen LogP contribution in [0, 0.1) is 40.4 Å². The van der Waals surface area contributed by atoms with Crippen molar-refractivity contribution in [2.75, 3.05) is 0 Å². The molecule has 0 bridgehead atoms. The van der Waals surface area contributed by atoms with Crippen molar-refractivity contribution in [1.82, 2.24) is 0 Å². The van der Waals surface area contributed by atoms with Gasteiger partial charge in [-0.3, -0.25) is 4.79 Å². The molecule has 5 nitrogen and oxygen atoms in total. The molecule has 4 aliphatic carbocycles. The lowest BCUT2D eigenvalue weighted by molar-refractivity contribution is -0.182. The van der Waals surface area contributed by atoms with Gasteiger partial charge in [0.05, 0.1) is 11.5 Å². The Hall–Kier alpha value is -1.46. The van der Waals surface area contributed by atoms with Gasteiger partial charge in [-0.05, 0) is 94.0 Å². The summed E-state index contributed by atoms with van der Waals surface area (Å²) in [6.07, 6.45) is 8.98. The molecule has 0 radical (unpaired) electrons. The lowest BCUT2D eigenvalue weighted by Crippen LogP contribution is -2.67. The number of ether oxygens (including phenoxy) is 2. The van der Waals surface area contributed by atoms with E-state index in [0.717, 1.165) is 43.3 Å². The van der Waals surface area contributed by atoms with Gasteiger partial charge in [0.1, 0.15) is 17.8 Å². The molecule has 4 fully saturated rings. The molecule has 0 unspecified atom stereocenters. The van der Waals surface area contributed by atoms with E-state index in [-0.39, 0.29) is 41.4 Å². The topological polar surface area (TPSA) is 76.1 Å². The van der Waals surface area contributed by atoms with Crippen molar-refractivity contribution in [3.05, 3.63) is 23.3 Å². The summed E-state index contributed by atoms with van der Waals surface area (Å²) in [6, 6.07) is 0. The summed E-state index contributed by atoms with van der Waals surface area (Å²) in [5.74, 6) is 1.68. The first-order valence-electron chi connectivity index (χ1n) is 13.0. The second kappa shape index (κ2) is 6.81. The highest BCUT2D eigenvalue weighted by Gasteiger charge is 2.77. The fourth-order valence-electron chi connectivity index (χ4n) is 9.34. The smallest absolute Gasteiger partial charge is 0.333 e. The van der Waals surface area contributed by atoms with E-state index in [1.165, 1.54) is 0 Å². The maximum atomic E-state index is 13.3. The fourth-order valence-corrected chi connectivity index (χ4v) is 9.34. The number of fused-ring (bicyclic) bond motifs is 8. The SMILES string of the molecule is CC1=C(C)C(=O)O[C@H]([C@@H](C)[C@H]2CC[C@H]3[C@@H]4[C@@H]5O[C@@H]5[C@@]5(O)CC=CC(=O)[C@]5(C)[C@H]4CC[C@]23C)C1. The first-order valence-corrected chi connectivity index (χ1v) is 13.0. The van der Waals surface area contributed by atoms with Crippen LogP contribution in [0.25, 0.3) is 0 Å². The van der Waals surface area contributed by atoms with E-state index >= 15 is 0 Å². The van der Waals surface area contributed by atoms with Crippen LogP contribution in [0.15, 0.2) is 23.3 Å². The summed E-state index contributed by atoms with van der Waals surface area (Å²) in [5, 5.41) is 11.7. The highest BCUT2D eigenvalue weighted by molar-refractivity contribution is 5.97. The number of allylic oxidation sites excluding steroid dienone is 1. The first-order chi connectivity index (χ1) is 15.5. The molecular formula is C28H38O5. The zero-order valence-electron chi connectivity index (χ0n) is 20.6. The third kappa shape index (κ3) is 2.61. The molecule has 1 N–H and O–H groups in total. The second-order valence-corrected chi connectivity index (χ2v) is 12.5. The Kier molecular flexibility index (Phi) is 4.55. The van der Waals surface area contributed by atoms with Gasteiger partial charge in [-0.2, -0.15) is 0 Å². The van der Waals surface area contributed by atoms with E-state index in [1.807, 2.05) is 19.9 Å². The summed E-state index contributed by atoms with van der Waals surface area (Å²) in [4.78, 5) is 25.7. The van der Waals surface area contributed by atoms with Gasteiger partial charge in [-0.15, -0.1) is 0 Å². The number of carbonyl (C=O) groups is 2. The van der Waals surface area contributed by atoms with E-state index in [1.54, 1.807) is 6.08 Å². The predicted molar refractivity (Wildman–Crippen MR) is 123 cm³/mol. The number of rotatable bonds is 2. The summed E-state index contributed by atoms with van der Waals surface area (Å²) in [5.41, 5.74) is 0.243. The Morgan fingerprint density at radius 3 is 2.61 bits per heavy atom. The minimum Gasteiger partial charge on any atom is -0.458 e. The quantitative estimate of drug-likeness (QED) is 0.495. The molecule has 180 valence electrons. The number of epoxide rings is 1. The molecule has 0 aromatic rings. The molecule has 0 aromatic heterocycles. The molecule has 0 spiro atoms. The Morgan fingerprint density at radius 2 is 1.88 bits per heavy atom. The van der Waals surface area contributed by atoms with Gasteiger partial charge in [0.2, 0.25) is 0 Å². The maximum absolute atomic E-state index is 13.3. The standard InChI is InChI=1S/C28H38O5/c1-14-13-20(32-25(30)15(14)2)16(3)17-8-9-18-22-19(10-12-26(17,18)4)27(5)21(29)7-6-11-28(27,31)24-23(22)33-24/h6-7,16-20,22-24,31H,8-13H2,1-5H3/t16-,17+,18-,19-,20-,22-,23-,24-,26+,27-,28-/m0/s1. The zero-order chi connectivity index (χ0) is 23.5. The number of esters is 1. The molecular weight excluding hydrogens is 416 g/mol. The highest BCUT2D eigenvalue weighted by atomic mass is 16.6. The Balaban J connectivity index is 1.30. The van der Waals surface area contributed by atoms with Crippen LogP contribution in [0.5, 0.6) is 0 Å². The number of hydrogen-bond acceptors (Lipinski definition) is 5. The Bertz CT molecular complexity index is 981. The van der Waals surface area contributed by atoms with E-state index in [2.05, 4.69) is 20.8 Å². The molecule has 0 aromatic carbocycles. The van der Waals surface area contributed by atoms with Crippen LogP contribution < -0.4 is 0 Å². The molecule has 2 heterocycles. The summed E-state index contributed by atoms with van der Waals surface area (Å²) in [7, 11) is 0. The van der Waals surface area contributed by atoms with Crippen molar-refractivity contribution < 1.29 is 24.2 Å². The largest absolute Gasteiger partial charge is 0.458 e. The molecule has 1 saturated heterocycles. The number of cyclic esters (lactones) is 1. The molecule has 6 aliphatic rings. The average Bonchev–Trinajstić information content (AvgIpc) is 3.50. The number of aliphatic hydroxyl groups is 1. The zero-order valence-corrected chi connectivity index (χ0v) is 20.6. The minimum atomic E-state index is -1.07. The van der Waals surface area contributed by atoms with Crippen LogP contribution in [0.4, 0.5) is 0 Å². The second-order valence-electron chi connectivity index (χ2n) is 12.5. The van der Waals surface area contributed by atoms with Gasteiger partial charge in [-0.25, -0.2) is 4.79 Å². The van der Waals surface area contributed by atoms with Crippen LogP contribution in [0.2, 0.25) is 0 Å². The molecule has 6 rings (SSSR count). The van der Waals surface area contributed by atoms with Gasteiger partial charge >= 0.3 is 5.97 Å². The molecule has 33 heavy (non-hydrogen) atoms. The van der Waals surface area contributed by atoms with Crippen molar-refractivity contribution in [2.24, 2.45) is 40.4 Å². The minimum absolute atomic E-state index is 0.0524. The number of ketones is 1. The third-order valence-corrected chi connectivity index (χ3v) is 11.6. The normalized spacial score (nSPS) is 53.6. The summed E-state index contributed by atoms with van der Waals surface area (Å²) >= 11 is 0. The summed E-state index contributed by atoms with van der Waals surface area (Å²) < 4.78 is 12.1. The van der Waals surface area contributed by atoms with Crippen LogP contribution in [0.1, 0.15) is 73.1 Å². The first kappa shape index (κ1) is 22.0. The fraction of sp³-hybridized carbons (Fsp3) is 0.786. The van der Waals surface area contributed by atoms with Crippen molar-refractivity contribution in [3.8, 4) is 0 Å². The molecule has 11 atom stereocenters. The van der Waals surface area contributed by atoms with Crippen LogP contribution >= 0.6 is 0 Å². The molecule has 0 amide bonds.